The summed E-state index contributed by atoms with van der Waals surface area (Å²) in [6.07, 6.45) is 28.4. The molecule has 2 nitrogen and oxygen atoms in total. The fraction of sp³-hybridized carbons (Fsp3) is 0.960. The maximum Gasteiger partial charge on any atom is 0.0442 e. The van der Waals surface area contributed by atoms with Crippen LogP contribution in [0.4, 0.5) is 0 Å². The van der Waals surface area contributed by atoms with Crippen LogP contribution in [0, 0.1) is 5.92 Å². The van der Waals surface area contributed by atoms with Gasteiger partial charge in [0.1, 0.15) is 0 Å². The summed E-state index contributed by atoms with van der Waals surface area (Å²) in [6, 6.07) is 0. The molecule has 27 heavy (non-hydrogen) atoms. The van der Waals surface area contributed by atoms with Crippen molar-refractivity contribution in [3.05, 3.63) is 0 Å². The van der Waals surface area contributed by atoms with Crippen molar-refractivity contribution in [3.8, 4) is 0 Å². The van der Waals surface area contributed by atoms with Gasteiger partial charge in [0.05, 0.1) is 0 Å². The van der Waals surface area contributed by atoms with Crippen LogP contribution >= 0.6 is 0 Å². The molecule has 0 aromatic carbocycles. The molecule has 0 aliphatic carbocycles. The number of hydrogen-bond donors (Lipinski definition) is 0. The number of carbonyl (C=O) groups excluding carboxylic acids is 1. The minimum absolute atomic E-state index is 0.277. The van der Waals surface area contributed by atoms with E-state index in [1.54, 1.807) is 6.92 Å². The molecule has 0 rings (SSSR count). The largest absolute Gasteiger partial charge is 0.550 e. The molecule has 0 aliphatic rings. The van der Waals surface area contributed by atoms with Gasteiger partial charge in [-0.15, -0.1) is 0 Å². The first kappa shape index (κ1) is 26.5. The van der Waals surface area contributed by atoms with E-state index in [-0.39, 0.29) is 5.92 Å². The summed E-state index contributed by atoms with van der Waals surface area (Å²) in [4.78, 5) is 10.6. The summed E-state index contributed by atoms with van der Waals surface area (Å²) >= 11 is 0. The predicted molar refractivity (Wildman–Crippen MR) is 117 cm³/mol. The van der Waals surface area contributed by atoms with E-state index in [0.29, 0.717) is 0 Å². The van der Waals surface area contributed by atoms with Crippen LogP contribution in [0.15, 0.2) is 0 Å². The standard InChI is InChI=1S/C25H50O2/c1-3-4-5-6-7-8-9-10-11-12-13-14-15-16-17-18-19-20-21-22-23-24(2)25(26)27/h24H,3-23H2,1-2H3,(H,26,27)/p-1. The molecule has 0 N–H and O–H groups in total. The molecule has 0 aromatic heterocycles. The highest BCUT2D eigenvalue weighted by atomic mass is 16.4. The van der Waals surface area contributed by atoms with Crippen molar-refractivity contribution in [1.29, 1.82) is 0 Å². The Labute approximate surface area is 170 Å². The number of rotatable bonds is 22. The van der Waals surface area contributed by atoms with Crippen LogP contribution in [0.5, 0.6) is 0 Å². The summed E-state index contributed by atoms with van der Waals surface area (Å²) in [5.74, 6) is -1.17. The summed E-state index contributed by atoms with van der Waals surface area (Å²) in [5.41, 5.74) is 0. The summed E-state index contributed by atoms with van der Waals surface area (Å²) in [6.45, 7) is 4.04. The lowest BCUT2D eigenvalue weighted by Crippen LogP contribution is -2.29. The number of unbranched alkanes of at least 4 members (excludes halogenated alkanes) is 19. The zero-order valence-electron chi connectivity index (χ0n) is 18.7. The van der Waals surface area contributed by atoms with Crippen molar-refractivity contribution < 1.29 is 9.90 Å². The molecule has 0 heterocycles. The topological polar surface area (TPSA) is 40.1 Å². The molecular formula is C25H49O2-. The lowest BCUT2D eigenvalue weighted by molar-refractivity contribution is -0.311. The molecule has 0 aliphatic heterocycles. The Morgan fingerprint density at radius 2 is 0.815 bits per heavy atom. The van der Waals surface area contributed by atoms with E-state index in [9.17, 15) is 9.90 Å². The molecular weight excluding hydrogens is 332 g/mol. The molecule has 0 saturated carbocycles. The zero-order chi connectivity index (χ0) is 20.0. The SMILES string of the molecule is CCCCCCCCCCCCCCCCCCCCCCC(C)C(=O)[O-]. The second-order valence-electron chi connectivity index (χ2n) is 8.73. The molecule has 162 valence electrons. The van der Waals surface area contributed by atoms with Gasteiger partial charge in [-0.3, -0.25) is 0 Å². The van der Waals surface area contributed by atoms with Crippen LogP contribution in [0.3, 0.4) is 0 Å². The van der Waals surface area contributed by atoms with Gasteiger partial charge in [-0.25, -0.2) is 0 Å². The summed E-state index contributed by atoms with van der Waals surface area (Å²) in [7, 11) is 0. The van der Waals surface area contributed by atoms with Crippen LogP contribution in [-0.4, -0.2) is 5.97 Å². The lowest BCUT2D eigenvalue weighted by atomic mass is 10.0. The summed E-state index contributed by atoms with van der Waals surface area (Å²) < 4.78 is 0. The number of aliphatic carboxylic acids is 1. The highest BCUT2D eigenvalue weighted by Crippen LogP contribution is 2.15. The van der Waals surface area contributed by atoms with Crippen LogP contribution < -0.4 is 5.11 Å². The molecule has 0 radical (unpaired) electrons. The first-order chi connectivity index (χ1) is 13.2. The average molecular weight is 382 g/mol. The molecule has 0 amide bonds. The second-order valence-corrected chi connectivity index (χ2v) is 8.73. The van der Waals surface area contributed by atoms with Gasteiger partial charge in [-0.2, -0.15) is 0 Å². The molecule has 2 heteroatoms. The second kappa shape index (κ2) is 21.8. The van der Waals surface area contributed by atoms with Gasteiger partial charge >= 0.3 is 0 Å². The molecule has 0 aromatic rings. The molecule has 0 spiro atoms. The van der Waals surface area contributed by atoms with E-state index < -0.39 is 5.97 Å². The van der Waals surface area contributed by atoms with Gasteiger partial charge in [-0.1, -0.05) is 142 Å². The van der Waals surface area contributed by atoms with Crippen molar-refractivity contribution in [2.75, 3.05) is 0 Å². The van der Waals surface area contributed by atoms with Crippen LogP contribution in [-0.2, 0) is 4.79 Å². The fourth-order valence-corrected chi connectivity index (χ4v) is 3.82. The Balaban J connectivity index is 3.04. The fourth-order valence-electron chi connectivity index (χ4n) is 3.82. The Bertz CT molecular complexity index is 301. The van der Waals surface area contributed by atoms with E-state index in [4.69, 9.17) is 0 Å². The normalized spacial score (nSPS) is 12.4. The Hall–Kier alpha value is -0.530. The smallest absolute Gasteiger partial charge is 0.0442 e. The minimum atomic E-state index is -0.896. The predicted octanol–water partition coefficient (Wildman–Crippen LogP) is 7.58. The van der Waals surface area contributed by atoms with Crippen molar-refractivity contribution in [3.63, 3.8) is 0 Å². The minimum Gasteiger partial charge on any atom is -0.550 e. The first-order valence-corrected chi connectivity index (χ1v) is 12.4. The third-order valence-electron chi connectivity index (χ3n) is 5.89. The van der Waals surface area contributed by atoms with E-state index >= 15 is 0 Å². The van der Waals surface area contributed by atoms with E-state index in [0.717, 1.165) is 12.8 Å². The maximum atomic E-state index is 10.6. The Kier molecular flexibility index (Phi) is 21.3. The zero-order valence-corrected chi connectivity index (χ0v) is 18.7. The number of carboxylic acid groups (broad SMARTS) is 1. The highest BCUT2D eigenvalue weighted by molar-refractivity contribution is 5.66. The third-order valence-corrected chi connectivity index (χ3v) is 5.89. The van der Waals surface area contributed by atoms with E-state index in [1.165, 1.54) is 122 Å². The van der Waals surface area contributed by atoms with Crippen LogP contribution in [0.1, 0.15) is 149 Å². The molecule has 1 unspecified atom stereocenters. The monoisotopic (exact) mass is 381 g/mol. The van der Waals surface area contributed by atoms with Gasteiger partial charge in [0.15, 0.2) is 0 Å². The maximum absolute atomic E-state index is 10.6. The molecule has 1 atom stereocenters. The number of carboxylic acids is 1. The molecule has 0 bridgehead atoms. The van der Waals surface area contributed by atoms with Crippen LogP contribution in [0.25, 0.3) is 0 Å². The van der Waals surface area contributed by atoms with E-state index in [2.05, 4.69) is 6.92 Å². The third kappa shape index (κ3) is 21.6. The number of carbonyl (C=O) groups is 1. The molecule has 0 fully saturated rings. The first-order valence-electron chi connectivity index (χ1n) is 12.4. The Morgan fingerprint density at radius 3 is 1.07 bits per heavy atom. The lowest BCUT2D eigenvalue weighted by Gasteiger charge is -2.11. The molecule has 0 saturated heterocycles. The number of hydrogen-bond acceptors (Lipinski definition) is 2. The Morgan fingerprint density at radius 1 is 0.556 bits per heavy atom. The van der Waals surface area contributed by atoms with Gasteiger partial charge in [-0.05, 0) is 12.3 Å². The van der Waals surface area contributed by atoms with Gasteiger partial charge in [0.25, 0.3) is 0 Å². The van der Waals surface area contributed by atoms with Gasteiger partial charge in [0, 0.05) is 5.97 Å². The van der Waals surface area contributed by atoms with Crippen LogP contribution in [0.2, 0.25) is 0 Å². The quantitative estimate of drug-likeness (QED) is 0.181. The van der Waals surface area contributed by atoms with E-state index in [1.807, 2.05) is 0 Å². The van der Waals surface area contributed by atoms with Crippen molar-refractivity contribution in [1.82, 2.24) is 0 Å². The van der Waals surface area contributed by atoms with Crippen molar-refractivity contribution >= 4 is 5.97 Å². The summed E-state index contributed by atoms with van der Waals surface area (Å²) in [5, 5.41) is 10.6. The average Bonchev–Trinajstić information content (AvgIpc) is 2.66. The van der Waals surface area contributed by atoms with Crippen molar-refractivity contribution in [2.24, 2.45) is 5.92 Å². The van der Waals surface area contributed by atoms with Gasteiger partial charge < -0.3 is 9.90 Å². The van der Waals surface area contributed by atoms with Gasteiger partial charge in [0.2, 0.25) is 0 Å². The highest BCUT2D eigenvalue weighted by Gasteiger charge is 2.01. The van der Waals surface area contributed by atoms with Crippen molar-refractivity contribution in [2.45, 2.75) is 149 Å².